The van der Waals surface area contributed by atoms with Crippen molar-refractivity contribution in [3.05, 3.63) is 23.8 Å². The molecule has 4 heteroatoms. The number of hydrogen-bond acceptors (Lipinski definition) is 3. The second-order valence-electron chi connectivity index (χ2n) is 7.00. The molecule has 4 nitrogen and oxygen atoms in total. The number of carbonyl (C=O) groups excluding carboxylic acids is 1. The van der Waals surface area contributed by atoms with Crippen molar-refractivity contribution in [2.24, 2.45) is 0 Å². The summed E-state index contributed by atoms with van der Waals surface area (Å²) in [4.78, 5) is 14.1. The van der Waals surface area contributed by atoms with E-state index in [0.717, 1.165) is 12.2 Å². The highest BCUT2D eigenvalue weighted by molar-refractivity contribution is 5.86. The van der Waals surface area contributed by atoms with Crippen LogP contribution in [0.1, 0.15) is 39.2 Å². The van der Waals surface area contributed by atoms with Crippen LogP contribution in [-0.4, -0.2) is 25.3 Å². The van der Waals surface area contributed by atoms with E-state index in [4.69, 9.17) is 4.74 Å². The van der Waals surface area contributed by atoms with Crippen LogP contribution in [0.4, 0.5) is 16.2 Å². The van der Waals surface area contributed by atoms with E-state index in [1.165, 1.54) is 24.1 Å². The first-order valence-electron chi connectivity index (χ1n) is 7.15. The number of rotatable bonds is 1. The minimum Gasteiger partial charge on any atom is -0.444 e. The summed E-state index contributed by atoms with van der Waals surface area (Å²) in [5, 5.41) is 2.83. The molecule has 0 saturated heterocycles. The first-order valence-corrected chi connectivity index (χ1v) is 7.15. The van der Waals surface area contributed by atoms with Gasteiger partial charge in [0, 0.05) is 30.4 Å². The quantitative estimate of drug-likeness (QED) is 0.852. The Morgan fingerprint density at radius 3 is 2.65 bits per heavy atom. The number of benzene rings is 1. The molecule has 0 aromatic heterocycles. The molecule has 1 spiro atoms. The van der Waals surface area contributed by atoms with Crippen LogP contribution in [-0.2, 0) is 10.2 Å². The van der Waals surface area contributed by atoms with E-state index in [2.05, 4.69) is 29.4 Å². The second-order valence-corrected chi connectivity index (χ2v) is 7.00. The Bertz CT molecular complexity index is 556. The maximum atomic E-state index is 11.8. The second kappa shape index (κ2) is 4.14. The fourth-order valence-electron chi connectivity index (χ4n) is 3.00. The summed E-state index contributed by atoms with van der Waals surface area (Å²) in [7, 11) is 2.13. The molecule has 1 aromatic carbocycles. The highest BCUT2D eigenvalue weighted by Gasteiger charge is 2.50. The molecule has 1 aliphatic carbocycles. The molecule has 20 heavy (non-hydrogen) atoms. The lowest BCUT2D eigenvalue weighted by Crippen LogP contribution is -2.27. The summed E-state index contributed by atoms with van der Waals surface area (Å²) >= 11 is 0. The number of amides is 1. The van der Waals surface area contributed by atoms with Gasteiger partial charge in [-0.15, -0.1) is 0 Å². The average Bonchev–Trinajstić information content (AvgIpc) is 3.01. The Balaban J connectivity index is 1.78. The monoisotopic (exact) mass is 274 g/mol. The molecule has 0 unspecified atom stereocenters. The van der Waals surface area contributed by atoms with Crippen molar-refractivity contribution in [3.8, 4) is 0 Å². The molecule has 108 valence electrons. The molecule has 1 aromatic rings. The van der Waals surface area contributed by atoms with Gasteiger partial charge in [-0.1, -0.05) is 0 Å². The Morgan fingerprint density at radius 2 is 2.05 bits per heavy atom. The van der Waals surface area contributed by atoms with E-state index in [1.807, 2.05) is 26.8 Å². The average molecular weight is 274 g/mol. The first-order chi connectivity index (χ1) is 9.29. The van der Waals surface area contributed by atoms with Gasteiger partial charge in [0.05, 0.1) is 0 Å². The number of likely N-dealkylation sites (N-methyl/N-ethyl adjacent to an activating group) is 1. The zero-order valence-corrected chi connectivity index (χ0v) is 12.6. The molecule has 0 radical (unpaired) electrons. The van der Waals surface area contributed by atoms with Gasteiger partial charge in [0.2, 0.25) is 0 Å². The normalized spacial score (nSPS) is 18.9. The summed E-state index contributed by atoms with van der Waals surface area (Å²) < 4.78 is 5.29. The van der Waals surface area contributed by atoms with Crippen molar-refractivity contribution in [1.29, 1.82) is 0 Å². The molecule has 0 bridgehead atoms. The van der Waals surface area contributed by atoms with Gasteiger partial charge in [-0.05, 0) is 57.4 Å². The molecule has 1 aliphatic heterocycles. The molecule has 1 fully saturated rings. The Labute approximate surface area is 120 Å². The fourth-order valence-corrected chi connectivity index (χ4v) is 3.00. The minimum absolute atomic E-state index is 0.343. The summed E-state index contributed by atoms with van der Waals surface area (Å²) in [6.07, 6.45) is 2.11. The van der Waals surface area contributed by atoms with Gasteiger partial charge >= 0.3 is 6.09 Å². The Hall–Kier alpha value is -1.71. The fraction of sp³-hybridized carbons (Fsp3) is 0.562. The van der Waals surface area contributed by atoms with Gasteiger partial charge in [-0.25, -0.2) is 4.79 Å². The molecular formula is C16H22N2O2. The largest absolute Gasteiger partial charge is 0.444 e. The van der Waals surface area contributed by atoms with E-state index >= 15 is 0 Å². The smallest absolute Gasteiger partial charge is 0.412 e. The van der Waals surface area contributed by atoms with Crippen molar-refractivity contribution >= 4 is 17.5 Å². The molecule has 3 rings (SSSR count). The number of carbonyl (C=O) groups is 1. The maximum absolute atomic E-state index is 11.8. The SMILES string of the molecule is CN1CC2(CC2)c2cc(NC(=O)OC(C)(C)C)ccc21. The van der Waals surface area contributed by atoms with Gasteiger partial charge in [0.25, 0.3) is 0 Å². The van der Waals surface area contributed by atoms with Crippen LogP contribution in [0, 0.1) is 0 Å². The predicted octanol–water partition coefficient (Wildman–Crippen LogP) is 3.52. The number of nitrogens with one attached hydrogen (secondary N) is 1. The maximum Gasteiger partial charge on any atom is 0.412 e. The van der Waals surface area contributed by atoms with Gasteiger partial charge < -0.3 is 9.64 Å². The Morgan fingerprint density at radius 1 is 1.35 bits per heavy atom. The van der Waals surface area contributed by atoms with Crippen LogP contribution in [0.2, 0.25) is 0 Å². The summed E-state index contributed by atoms with van der Waals surface area (Å²) in [6.45, 7) is 6.69. The molecule has 2 aliphatic rings. The standard InChI is InChI=1S/C16H22N2O2/c1-15(2,3)20-14(19)17-11-5-6-13-12(9-11)16(7-8-16)10-18(13)4/h5-6,9H,7-8,10H2,1-4H3,(H,17,19). The van der Waals surface area contributed by atoms with Crippen LogP contribution in [0.3, 0.4) is 0 Å². The number of ether oxygens (including phenoxy) is 1. The van der Waals surface area contributed by atoms with Crippen molar-refractivity contribution in [2.75, 3.05) is 23.8 Å². The van der Waals surface area contributed by atoms with Crippen LogP contribution in [0.5, 0.6) is 0 Å². The molecule has 1 heterocycles. The molecule has 1 N–H and O–H groups in total. The van der Waals surface area contributed by atoms with Crippen LogP contribution in [0.25, 0.3) is 0 Å². The lowest BCUT2D eigenvalue weighted by molar-refractivity contribution is 0.0636. The summed E-state index contributed by atoms with van der Waals surface area (Å²) in [6, 6.07) is 6.14. The summed E-state index contributed by atoms with van der Waals surface area (Å²) in [5.41, 5.74) is 3.35. The third-order valence-electron chi connectivity index (χ3n) is 4.02. The van der Waals surface area contributed by atoms with Crippen molar-refractivity contribution in [1.82, 2.24) is 0 Å². The molecule has 1 saturated carbocycles. The van der Waals surface area contributed by atoms with Crippen LogP contribution in [0.15, 0.2) is 18.2 Å². The van der Waals surface area contributed by atoms with E-state index < -0.39 is 11.7 Å². The van der Waals surface area contributed by atoms with Crippen molar-refractivity contribution in [2.45, 2.75) is 44.6 Å². The van der Waals surface area contributed by atoms with E-state index in [-0.39, 0.29) is 0 Å². The third-order valence-corrected chi connectivity index (χ3v) is 4.02. The molecule has 1 amide bonds. The summed E-state index contributed by atoms with van der Waals surface area (Å²) in [5.74, 6) is 0. The van der Waals surface area contributed by atoms with Gasteiger partial charge in [-0.3, -0.25) is 5.32 Å². The topological polar surface area (TPSA) is 41.6 Å². The van der Waals surface area contributed by atoms with E-state index in [1.54, 1.807) is 0 Å². The zero-order valence-electron chi connectivity index (χ0n) is 12.6. The first kappa shape index (κ1) is 13.3. The zero-order chi connectivity index (χ0) is 14.5. The van der Waals surface area contributed by atoms with E-state index in [9.17, 15) is 4.79 Å². The minimum atomic E-state index is -0.473. The highest BCUT2D eigenvalue weighted by Crippen LogP contribution is 2.56. The lowest BCUT2D eigenvalue weighted by atomic mass is 9.98. The van der Waals surface area contributed by atoms with Crippen molar-refractivity contribution < 1.29 is 9.53 Å². The molecule has 0 atom stereocenters. The van der Waals surface area contributed by atoms with Crippen LogP contribution >= 0.6 is 0 Å². The number of hydrogen-bond donors (Lipinski definition) is 1. The van der Waals surface area contributed by atoms with Gasteiger partial charge in [0.15, 0.2) is 0 Å². The number of nitrogens with zero attached hydrogens (tertiary/aromatic N) is 1. The van der Waals surface area contributed by atoms with Crippen molar-refractivity contribution in [3.63, 3.8) is 0 Å². The third kappa shape index (κ3) is 2.35. The lowest BCUT2D eigenvalue weighted by Gasteiger charge is -2.20. The molecular weight excluding hydrogens is 252 g/mol. The Kier molecular flexibility index (Phi) is 2.75. The number of anilines is 2. The van der Waals surface area contributed by atoms with Gasteiger partial charge in [-0.2, -0.15) is 0 Å². The predicted molar refractivity (Wildman–Crippen MR) is 80.5 cm³/mol. The van der Waals surface area contributed by atoms with Gasteiger partial charge in [0.1, 0.15) is 5.60 Å². The highest BCUT2D eigenvalue weighted by atomic mass is 16.6. The van der Waals surface area contributed by atoms with E-state index in [0.29, 0.717) is 5.41 Å². The number of fused-ring (bicyclic) bond motifs is 2. The van der Waals surface area contributed by atoms with Crippen LogP contribution < -0.4 is 10.2 Å².